The molecule has 0 unspecified atom stereocenters. The van der Waals surface area contributed by atoms with Crippen LogP contribution in [0.5, 0.6) is 0 Å². The van der Waals surface area contributed by atoms with Crippen molar-refractivity contribution < 1.29 is 24.1 Å². The van der Waals surface area contributed by atoms with Crippen molar-refractivity contribution in [1.29, 1.82) is 0 Å². The summed E-state index contributed by atoms with van der Waals surface area (Å²) in [6.45, 7) is 0.898. The summed E-state index contributed by atoms with van der Waals surface area (Å²) in [7, 11) is 0. The molecule has 2 aliphatic rings. The number of rotatable bonds is 6. The molecule has 0 spiro atoms. The van der Waals surface area contributed by atoms with Crippen LogP contribution in [-0.4, -0.2) is 62.2 Å². The van der Waals surface area contributed by atoms with Crippen molar-refractivity contribution in [2.24, 2.45) is 4.99 Å². The van der Waals surface area contributed by atoms with E-state index in [0.29, 0.717) is 24.5 Å². The number of hydrogen-bond donors (Lipinski definition) is 3. The molecule has 1 aromatic heterocycles. The van der Waals surface area contributed by atoms with Crippen molar-refractivity contribution in [3.05, 3.63) is 40.8 Å². The zero-order valence-corrected chi connectivity index (χ0v) is 15.5. The number of nitrogens with one attached hydrogen (secondary N) is 1. The van der Waals surface area contributed by atoms with Crippen LogP contribution >= 0.6 is 11.8 Å². The Morgan fingerprint density at radius 2 is 2.25 bits per heavy atom. The SMILES string of the molecule is O=C(CCO)N1CC(Sc2nonc2C(=N[C@H]2Cc3ccc(F)cc32)NO)C1. The van der Waals surface area contributed by atoms with Crippen LogP contribution in [0.25, 0.3) is 0 Å². The largest absolute Gasteiger partial charge is 0.396 e. The lowest BCUT2D eigenvalue weighted by molar-refractivity contribution is -0.134. The summed E-state index contributed by atoms with van der Waals surface area (Å²) < 4.78 is 18.2. The third-order valence-electron chi connectivity index (χ3n) is 4.76. The maximum Gasteiger partial charge on any atom is 0.224 e. The lowest BCUT2D eigenvalue weighted by Crippen LogP contribution is -2.52. The maximum atomic E-state index is 13.4. The fourth-order valence-corrected chi connectivity index (χ4v) is 4.34. The lowest BCUT2D eigenvalue weighted by atomic mass is 9.83. The Balaban J connectivity index is 1.44. The Bertz CT molecular complexity index is 915. The van der Waals surface area contributed by atoms with E-state index in [1.165, 1.54) is 23.9 Å². The Labute approximate surface area is 163 Å². The first-order chi connectivity index (χ1) is 13.6. The highest BCUT2D eigenvalue weighted by molar-refractivity contribution is 8.00. The maximum absolute atomic E-state index is 13.4. The van der Waals surface area contributed by atoms with Crippen LogP contribution in [0.1, 0.15) is 29.3 Å². The lowest BCUT2D eigenvalue weighted by Gasteiger charge is -2.38. The fraction of sp³-hybridized carbons (Fsp3) is 0.412. The summed E-state index contributed by atoms with van der Waals surface area (Å²) in [5, 5.41) is 26.6. The van der Waals surface area contributed by atoms with E-state index in [2.05, 4.69) is 15.3 Å². The standard InChI is InChI=1S/C17H18FN5O4S/c18-10-2-1-9-5-13(12(9)6-10)19-16(20-26)15-17(22-27-21-15)28-11-7-23(8-11)14(25)3-4-24/h1-2,6,11,13,24,26H,3-5,7-8H2,(H,19,20)/t13-/m0/s1. The van der Waals surface area contributed by atoms with Gasteiger partial charge in [0, 0.05) is 24.8 Å². The number of halogens is 1. The number of aromatic nitrogens is 2. The number of fused-ring (bicyclic) bond motifs is 1. The van der Waals surface area contributed by atoms with Crippen molar-refractivity contribution in [2.75, 3.05) is 19.7 Å². The molecule has 0 bridgehead atoms. The molecule has 1 aromatic carbocycles. The van der Waals surface area contributed by atoms with Crippen molar-refractivity contribution >= 4 is 23.5 Å². The second-order valence-corrected chi connectivity index (χ2v) is 7.87. The van der Waals surface area contributed by atoms with Crippen molar-refractivity contribution in [2.45, 2.75) is 29.2 Å². The molecule has 1 atom stereocenters. The number of amidine groups is 1. The minimum Gasteiger partial charge on any atom is -0.396 e. The second-order valence-electron chi connectivity index (χ2n) is 6.58. The van der Waals surface area contributed by atoms with Gasteiger partial charge in [0.1, 0.15) is 5.82 Å². The molecule has 28 heavy (non-hydrogen) atoms. The minimum atomic E-state index is -0.332. The van der Waals surface area contributed by atoms with Crippen molar-refractivity contribution in [3.8, 4) is 0 Å². The Morgan fingerprint density at radius 1 is 1.43 bits per heavy atom. The number of nitrogens with zero attached hydrogens (tertiary/aromatic N) is 4. The number of aliphatic hydroxyl groups is 1. The van der Waals surface area contributed by atoms with Crippen molar-refractivity contribution in [1.82, 2.24) is 20.7 Å². The molecular formula is C17H18FN5O4S. The van der Waals surface area contributed by atoms with Crippen LogP contribution < -0.4 is 5.48 Å². The Hall–Kier alpha value is -2.50. The predicted octanol–water partition coefficient (Wildman–Crippen LogP) is 0.917. The van der Waals surface area contributed by atoms with Gasteiger partial charge in [-0.15, -0.1) is 0 Å². The van der Waals surface area contributed by atoms with Gasteiger partial charge in [-0.2, -0.15) is 0 Å². The van der Waals surface area contributed by atoms with Crippen LogP contribution in [-0.2, 0) is 11.2 Å². The third kappa shape index (κ3) is 3.60. The molecule has 0 radical (unpaired) electrons. The van der Waals surface area contributed by atoms with Gasteiger partial charge in [0.25, 0.3) is 0 Å². The molecule has 1 aliphatic carbocycles. The molecule has 2 heterocycles. The van der Waals surface area contributed by atoms with Crippen LogP contribution in [0, 0.1) is 5.82 Å². The van der Waals surface area contributed by atoms with Gasteiger partial charge in [0.2, 0.25) is 5.91 Å². The van der Waals surface area contributed by atoms with E-state index in [0.717, 1.165) is 11.1 Å². The quantitative estimate of drug-likeness (QED) is 0.367. The van der Waals surface area contributed by atoms with Gasteiger partial charge in [0.15, 0.2) is 16.6 Å². The van der Waals surface area contributed by atoms with Gasteiger partial charge in [-0.05, 0) is 40.0 Å². The third-order valence-corrected chi connectivity index (χ3v) is 5.88. The monoisotopic (exact) mass is 407 g/mol. The molecule has 11 heteroatoms. The molecule has 2 aromatic rings. The Morgan fingerprint density at radius 3 is 3.00 bits per heavy atom. The van der Waals surface area contributed by atoms with Gasteiger partial charge in [-0.3, -0.25) is 20.5 Å². The molecule has 9 nitrogen and oxygen atoms in total. The zero-order valence-electron chi connectivity index (χ0n) is 14.7. The van der Waals surface area contributed by atoms with E-state index in [9.17, 15) is 14.4 Å². The Kier molecular flexibility index (Phi) is 5.29. The molecule has 4 rings (SSSR count). The van der Waals surface area contributed by atoms with E-state index in [1.807, 2.05) is 5.48 Å². The number of hydroxylamine groups is 1. The number of hydrogen-bond acceptors (Lipinski definition) is 8. The summed E-state index contributed by atoms with van der Waals surface area (Å²) in [4.78, 5) is 17.8. The highest BCUT2D eigenvalue weighted by Gasteiger charge is 2.34. The normalized spacial score (nSPS) is 19.0. The highest BCUT2D eigenvalue weighted by atomic mass is 32.2. The molecule has 3 N–H and O–H groups in total. The van der Waals surface area contributed by atoms with Crippen LogP contribution in [0.4, 0.5) is 4.39 Å². The first kappa shape index (κ1) is 18.8. The average molecular weight is 407 g/mol. The van der Waals surface area contributed by atoms with Gasteiger partial charge in [0.05, 0.1) is 12.6 Å². The predicted molar refractivity (Wildman–Crippen MR) is 96.5 cm³/mol. The van der Waals surface area contributed by atoms with Crippen LogP contribution in [0.2, 0.25) is 0 Å². The number of likely N-dealkylation sites (tertiary alicyclic amines) is 1. The van der Waals surface area contributed by atoms with E-state index < -0.39 is 0 Å². The summed E-state index contributed by atoms with van der Waals surface area (Å²) in [5.74, 6) is -0.328. The van der Waals surface area contributed by atoms with Gasteiger partial charge in [-0.1, -0.05) is 17.8 Å². The summed E-state index contributed by atoms with van der Waals surface area (Å²) in [6.07, 6.45) is 0.752. The average Bonchev–Trinajstić information content (AvgIpc) is 3.09. The topological polar surface area (TPSA) is 124 Å². The molecule has 1 amide bonds. The fourth-order valence-electron chi connectivity index (χ4n) is 3.19. The number of carbonyl (C=O) groups excluding carboxylic acids is 1. The van der Waals surface area contributed by atoms with E-state index in [1.54, 1.807) is 11.0 Å². The van der Waals surface area contributed by atoms with E-state index in [-0.39, 0.29) is 47.6 Å². The van der Waals surface area contributed by atoms with Gasteiger partial charge in [-0.25, -0.2) is 9.02 Å². The molecule has 0 saturated carbocycles. The van der Waals surface area contributed by atoms with Gasteiger partial charge >= 0.3 is 0 Å². The number of aliphatic imine (C=N–C) groups is 1. The number of aliphatic hydroxyl groups excluding tert-OH is 1. The molecular weight excluding hydrogens is 389 g/mol. The highest BCUT2D eigenvalue weighted by Crippen LogP contribution is 2.37. The van der Waals surface area contributed by atoms with E-state index in [4.69, 9.17) is 9.74 Å². The van der Waals surface area contributed by atoms with Gasteiger partial charge < -0.3 is 10.0 Å². The molecule has 1 saturated heterocycles. The van der Waals surface area contributed by atoms with Crippen molar-refractivity contribution in [3.63, 3.8) is 0 Å². The second kappa shape index (κ2) is 7.86. The zero-order chi connectivity index (χ0) is 19.7. The summed E-state index contributed by atoms with van der Waals surface area (Å²) in [5.41, 5.74) is 4.08. The first-order valence-corrected chi connectivity index (χ1v) is 9.61. The smallest absolute Gasteiger partial charge is 0.224 e. The minimum absolute atomic E-state index is 0.0898. The summed E-state index contributed by atoms with van der Waals surface area (Å²) in [6, 6.07) is 4.28. The first-order valence-electron chi connectivity index (χ1n) is 8.73. The van der Waals surface area contributed by atoms with Crippen LogP contribution in [0.3, 0.4) is 0 Å². The van der Waals surface area contributed by atoms with E-state index >= 15 is 0 Å². The number of amides is 1. The molecule has 148 valence electrons. The number of carbonyl (C=O) groups is 1. The summed E-state index contributed by atoms with van der Waals surface area (Å²) >= 11 is 1.37. The molecule has 1 aliphatic heterocycles. The van der Waals surface area contributed by atoms with Crippen LogP contribution in [0.15, 0.2) is 32.8 Å². The molecule has 1 fully saturated rings. The number of benzene rings is 1. The number of thioether (sulfide) groups is 1.